The van der Waals surface area contributed by atoms with Gasteiger partial charge in [0.25, 0.3) is 0 Å². The highest BCUT2D eigenvalue weighted by Gasteiger charge is 2.35. The summed E-state index contributed by atoms with van der Waals surface area (Å²) in [6.07, 6.45) is 0. The standard InChI is InChI=1S/C19H19F5OS/c1-5-26(4)17-9-16(11(2)6-12(17)3)25-10-19(23,24)13-7-14(20)18(22)15(21)8-13/h6-9H,4-5,10H2,1-3H3. The molecule has 0 radical (unpaired) electrons. The normalized spacial score (nSPS) is 12.9. The first-order chi connectivity index (χ1) is 12.1. The second-order valence-electron chi connectivity index (χ2n) is 5.91. The fraction of sp³-hybridized carbons (Fsp3) is 0.316. The van der Waals surface area contributed by atoms with Crippen LogP contribution in [0.5, 0.6) is 5.75 Å². The number of ether oxygens (including phenoxy) is 1. The number of aryl methyl sites for hydroxylation is 2. The quantitative estimate of drug-likeness (QED) is 0.335. The van der Waals surface area contributed by atoms with E-state index in [9.17, 15) is 22.0 Å². The number of hydrogen-bond donors (Lipinski definition) is 0. The molecule has 26 heavy (non-hydrogen) atoms. The molecule has 2 rings (SSSR count). The van der Waals surface area contributed by atoms with E-state index in [1.165, 1.54) is 0 Å². The summed E-state index contributed by atoms with van der Waals surface area (Å²) in [4.78, 5) is 0.912. The second kappa shape index (κ2) is 7.78. The Balaban J connectivity index is 2.28. The summed E-state index contributed by atoms with van der Waals surface area (Å²) in [5, 5.41) is 0. The van der Waals surface area contributed by atoms with Crippen molar-refractivity contribution in [1.82, 2.24) is 0 Å². The molecule has 2 aromatic carbocycles. The number of benzene rings is 2. The average molecular weight is 390 g/mol. The third kappa shape index (κ3) is 4.26. The summed E-state index contributed by atoms with van der Waals surface area (Å²) in [6, 6.07) is 4.05. The van der Waals surface area contributed by atoms with Crippen molar-refractivity contribution < 1.29 is 26.7 Å². The maximum atomic E-state index is 14.3. The predicted octanol–water partition coefficient (Wildman–Crippen LogP) is 5.97. The van der Waals surface area contributed by atoms with Gasteiger partial charge in [-0.2, -0.15) is 19.3 Å². The van der Waals surface area contributed by atoms with Crippen LogP contribution in [0.4, 0.5) is 22.0 Å². The Hall–Kier alpha value is -1.89. The number of rotatable bonds is 6. The lowest BCUT2D eigenvalue weighted by atomic mass is 10.1. The molecule has 0 aliphatic rings. The highest BCUT2D eigenvalue weighted by molar-refractivity contribution is 8.14. The molecule has 0 saturated heterocycles. The van der Waals surface area contributed by atoms with Crippen LogP contribution in [0.15, 0.2) is 29.2 Å². The zero-order valence-electron chi connectivity index (χ0n) is 14.6. The molecule has 142 valence electrons. The largest absolute Gasteiger partial charge is 0.487 e. The molecule has 0 aliphatic carbocycles. The van der Waals surface area contributed by atoms with Crippen molar-refractivity contribution in [2.24, 2.45) is 0 Å². The number of halogens is 5. The molecule has 0 saturated carbocycles. The molecule has 0 fully saturated rings. The van der Waals surface area contributed by atoms with Crippen molar-refractivity contribution in [2.45, 2.75) is 31.6 Å². The van der Waals surface area contributed by atoms with Crippen molar-refractivity contribution >= 4 is 16.4 Å². The lowest BCUT2D eigenvalue weighted by molar-refractivity contribution is -0.0474. The summed E-state index contributed by atoms with van der Waals surface area (Å²) in [7, 11) is -0.298. The highest BCUT2D eigenvalue weighted by Crippen LogP contribution is 2.35. The second-order valence-corrected chi connectivity index (χ2v) is 7.91. The monoisotopic (exact) mass is 390 g/mol. The average Bonchev–Trinajstić information content (AvgIpc) is 2.57. The Morgan fingerprint density at radius 1 is 1.00 bits per heavy atom. The SMILES string of the molecule is C=S(CC)c1cc(OCC(F)(F)c2cc(F)c(F)c(F)c2)c(C)cc1C. The van der Waals surface area contributed by atoms with Gasteiger partial charge in [-0.15, -0.1) is 0 Å². The molecule has 0 aliphatic heterocycles. The lowest BCUT2D eigenvalue weighted by Crippen LogP contribution is -2.24. The molecule has 0 aromatic heterocycles. The van der Waals surface area contributed by atoms with Gasteiger partial charge in [0.05, 0.1) is 0 Å². The van der Waals surface area contributed by atoms with Crippen LogP contribution in [0.2, 0.25) is 0 Å². The first kappa shape index (κ1) is 20.4. The summed E-state index contributed by atoms with van der Waals surface area (Å²) in [5.74, 6) is -3.71. The van der Waals surface area contributed by atoms with E-state index in [0.717, 1.165) is 16.2 Å². The lowest BCUT2D eigenvalue weighted by Gasteiger charge is -2.20. The van der Waals surface area contributed by atoms with Crippen LogP contribution in [-0.4, -0.2) is 18.2 Å². The minimum Gasteiger partial charge on any atom is -0.487 e. The molecular formula is C19H19F5OS. The van der Waals surface area contributed by atoms with Gasteiger partial charge in [0, 0.05) is 10.5 Å². The molecule has 0 heterocycles. The van der Waals surface area contributed by atoms with E-state index in [4.69, 9.17) is 4.74 Å². The highest BCUT2D eigenvalue weighted by atomic mass is 32.2. The van der Waals surface area contributed by atoms with Crippen LogP contribution in [0.1, 0.15) is 23.6 Å². The predicted molar refractivity (Wildman–Crippen MR) is 95.1 cm³/mol. The van der Waals surface area contributed by atoms with E-state index in [1.807, 2.05) is 19.9 Å². The van der Waals surface area contributed by atoms with Gasteiger partial charge in [0.1, 0.15) is 5.75 Å². The minimum atomic E-state index is -3.69. The van der Waals surface area contributed by atoms with Gasteiger partial charge in [-0.25, -0.2) is 13.2 Å². The molecule has 1 unspecified atom stereocenters. The molecule has 0 spiro atoms. The van der Waals surface area contributed by atoms with Gasteiger partial charge < -0.3 is 4.74 Å². The van der Waals surface area contributed by atoms with Crippen LogP contribution in [0.25, 0.3) is 0 Å². The summed E-state index contributed by atoms with van der Waals surface area (Å²) < 4.78 is 73.2. The zero-order chi connectivity index (χ0) is 19.6. The maximum absolute atomic E-state index is 14.3. The molecule has 1 atom stereocenters. The van der Waals surface area contributed by atoms with Gasteiger partial charge in [-0.1, -0.05) is 18.9 Å². The van der Waals surface area contributed by atoms with Crippen molar-refractivity contribution in [1.29, 1.82) is 0 Å². The van der Waals surface area contributed by atoms with Gasteiger partial charge in [-0.05, 0) is 48.9 Å². The molecule has 0 amide bonds. The van der Waals surface area contributed by atoms with Crippen molar-refractivity contribution in [3.05, 3.63) is 58.4 Å². The minimum absolute atomic E-state index is 0.253. The Kier molecular flexibility index (Phi) is 6.11. The third-order valence-corrected chi connectivity index (χ3v) is 5.71. The van der Waals surface area contributed by atoms with Gasteiger partial charge >= 0.3 is 5.92 Å². The van der Waals surface area contributed by atoms with Gasteiger partial charge in [-0.3, -0.25) is 0 Å². The Labute approximate surface area is 151 Å². The summed E-state index contributed by atoms with van der Waals surface area (Å²) >= 11 is 0. The van der Waals surface area contributed by atoms with E-state index < -0.39 is 35.5 Å². The molecule has 7 heteroatoms. The van der Waals surface area contributed by atoms with Crippen molar-refractivity contribution in [3.63, 3.8) is 0 Å². The topological polar surface area (TPSA) is 9.23 Å². The van der Waals surface area contributed by atoms with Crippen molar-refractivity contribution in [3.8, 4) is 5.75 Å². The summed E-state index contributed by atoms with van der Waals surface area (Å²) in [6.45, 7) is 4.47. The first-order valence-corrected chi connectivity index (χ1v) is 9.40. The van der Waals surface area contributed by atoms with E-state index in [2.05, 4.69) is 5.87 Å². The molecular weight excluding hydrogens is 371 g/mol. The first-order valence-electron chi connectivity index (χ1n) is 7.84. The molecule has 1 nitrogen and oxygen atoms in total. The summed E-state index contributed by atoms with van der Waals surface area (Å²) in [5.41, 5.74) is 0.667. The van der Waals surface area contributed by atoms with Gasteiger partial charge in [0.2, 0.25) is 0 Å². The molecule has 2 aromatic rings. The van der Waals surface area contributed by atoms with E-state index in [-0.39, 0.29) is 28.4 Å². The third-order valence-electron chi connectivity index (χ3n) is 3.95. The molecule has 0 N–H and O–H groups in total. The van der Waals surface area contributed by atoms with E-state index in [1.54, 1.807) is 13.0 Å². The fourth-order valence-corrected chi connectivity index (χ4v) is 3.55. The van der Waals surface area contributed by atoms with Crippen LogP contribution < -0.4 is 4.74 Å². The van der Waals surface area contributed by atoms with Crippen LogP contribution >= 0.6 is 10.5 Å². The van der Waals surface area contributed by atoms with Crippen LogP contribution in [0.3, 0.4) is 0 Å². The molecule has 0 bridgehead atoms. The van der Waals surface area contributed by atoms with Crippen LogP contribution in [-0.2, 0) is 5.92 Å². The zero-order valence-corrected chi connectivity index (χ0v) is 15.5. The maximum Gasteiger partial charge on any atom is 0.306 e. The fourth-order valence-electron chi connectivity index (χ4n) is 2.45. The van der Waals surface area contributed by atoms with Gasteiger partial charge in [0.15, 0.2) is 24.1 Å². The van der Waals surface area contributed by atoms with Crippen LogP contribution in [0, 0.1) is 31.3 Å². The van der Waals surface area contributed by atoms with Crippen molar-refractivity contribution in [2.75, 3.05) is 12.4 Å². The Morgan fingerprint density at radius 3 is 2.12 bits per heavy atom. The smallest absolute Gasteiger partial charge is 0.306 e. The van der Waals surface area contributed by atoms with E-state index in [0.29, 0.717) is 5.56 Å². The Morgan fingerprint density at radius 2 is 1.58 bits per heavy atom. The number of hydrogen-bond acceptors (Lipinski definition) is 1. The van der Waals surface area contributed by atoms with E-state index >= 15 is 0 Å². The number of alkyl halides is 2. The Bertz CT molecular complexity index is 825.